The molecule has 1 aromatic carbocycles. The fourth-order valence-corrected chi connectivity index (χ4v) is 2.29. The van der Waals surface area contributed by atoms with Gasteiger partial charge in [-0.1, -0.05) is 12.1 Å². The molecule has 88 valence electrons. The SMILES string of the molecule is CC1(C)CCC([C@H](O)c2ccc(F)cc2)N1. The van der Waals surface area contributed by atoms with Gasteiger partial charge >= 0.3 is 0 Å². The minimum atomic E-state index is -0.553. The summed E-state index contributed by atoms with van der Waals surface area (Å²) in [4.78, 5) is 0. The fraction of sp³-hybridized carbons (Fsp3) is 0.538. The second kappa shape index (κ2) is 4.15. The van der Waals surface area contributed by atoms with Gasteiger partial charge in [0.1, 0.15) is 5.82 Å². The molecular formula is C13H18FNO. The molecule has 0 bridgehead atoms. The molecule has 2 rings (SSSR count). The molecule has 2 atom stereocenters. The van der Waals surface area contributed by atoms with Crippen LogP contribution in [0.15, 0.2) is 24.3 Å². The number of halogens is 1. The Morgan fingerprint density at radius 2 is 2.00 bits per heavy atom. The van der Waals surface area contributed by atoms with E-state index in [1.807, 2.05) is 0 Å². The zero-order chi connectivity index (χ0) is 11.8. The van der Waals surface area contributed by atoms with Gasteiger partial charge in [0.15, 0.2) is 0 Å². The second-order valence-corrected chi connectivity index (χ2v) is 5.17. The lowest BCUT2D eigenvalue weighted by Crippen LogP contribution is -2.40. The van der Waals surface area contributed by atoms with Crippen molar-refractivity contribution in [2.75, 3.05) is 0 Å². The van der Waals surface area contributed by atoms with Crippen molar-refractivity contribution in [3.8, 4) is 0 Å². The highest BCUT2D eigenvalue weighted by molar-refractivity contribution is 5.20. The summed E-state index contributed by atoms with van der Waals surface area (Å²) in [5, 5.41) is 13.6. The third-order valence-electron chi connectivity index (χ3n) is 3.25. The van der Waals surface area contributed by atoms with Crippen molar-refractivity contribution in [1.82, 2.24) is 5.32 Å². The molecule has 1 aliphatic heterocycles. The van der Waals surface area contributed by atoms with Gasteiger partial charge in [-0.3, -0.25) is 0 Å². The van der Waals surface area contributed by atoms with Crippen molar-refractivity contribution in [3.05, 3.63) is 35.6 Å². The summed E-state index contributed by atoms with van der Waals surface area (Å²) in [6, 6.07) is 6.14. The molecule has 0 amide bonds. The summed E-state index contributed by atoms with van der Waals surface area (Å²) >= 11 is 0. The minimum Gasteiger partial charge on any atom is -0.387 e. The molecule has 2 N–H and O–H groups in total. The highest BCUT2D eigenvalue weighted by atomic mass is 19.1. The molecule has 16 heavy (non-hydrogen) atoms. The topological polar surface area (TPSA) is 32.3 Å². The van der Waals surface area contributed by atoms with E-state index < -0.39 is 6.10 Å². The van der Waals surface area contributed by atoms with E-state index in [1.54, 1.807) is 12.1 Å². The highest BCUT2D eigenvalue weighted by Crippen LogP contribution is 2.30. The summed E-state index contributed by atoms with van der Waals surface area (Å²) in [6.07, 6.45) is 1.45. The first-order chi connectivity index (χ1) is 7.48. The molecule has 1 heterocycles. The van der Waals surface area contributed by atoms with Crippen LogP contribution < -0.4 is 5.32 Å². The molecule has 2 nitrogen and oxygen atoms in total. The maximum Gasteiger partial charge on any atom is 0.123 e. The second-order valence-electron chi connectivity index (χ2n) is 5.17. The van der Waals surface area contributed by atoms with Crippen LogP contribution in [0.3, 0.4) is 0 Å². The van der Waals surface area contributed by atoms with Gasteiger partial charge in [0, 0.05) is 11.6 Å². The van der Waals surface area contributed by atoms with Crippen LogP contribution in [0.25, 0.3) is 0 Å². The van der Waals surface area contributed by atoms with Crippen LogP contribution in [0.2, 0.25) is 0 Å². The van der Waals surface area contributed by atoms with Gasteiger partial charge in [0.25, 0.3) is 0 Å². The lowest BCUT2D eigenvalue weighted by Gasteiger charge is -2.23. The summed E-state index contributed by atoms with van der Waals surface area (Å²) < 4.78 is 12.8. The molecule has 1 saturated heterocycles. The summed E-state index contributed by atoms with van der Waals surface area (Å²) in [6.45, 7) is 4.26. The van der Waals surface area contributed by atoms with Crippen molar-refractivity contribution in [3.63, 3.8) is 0 Å². The number of aliphatic hydroxyl groups excluding tert-OH is 1. The van der Waals surface area contributed by atoms with E-state index in [-0.39, 0.29) is 17.4 Å². The number of hydrogen-bond donors (Lipinski definition) is 2. The molecule has 0 aromatic heterocycles. The average molecular weight is 223 g/mol. The van der Waals surface area contributed by atoms with Gasteiger partial charge < -0.3 is 10.4 Å². The molecule has 1 unspecified atom stereocenters. The maximum atomic E-state index is 12.8. The molecular weight excluding hydrogens is 205 g/mol. The van der Waals surface area contributed by atoms with Gasteiger partial charge in [-0.2, -0.15) is 0 Å². The zero-order valence-electron chi connectivity index (χ0n) is 9.70. The maximum absolute atomic E-state index is 12.8. The van der Waals surface area contributed by atoms with E-state index in [0.29, 0.717) is 0 Å². The molecule has 1 aromatic rings. The van der Waals surface area contributed by atoms with Crippen molar-refractivity contribution in [1.29, 1.82) is 0 Å². The van der Waals surface area contributed by atoms with Gasteiger partial charge in [-0.05, 0) is 44.4 Å². The lowest BCUT2D eigenvalue weighted by atomic mass is 10.0. The minimum absolute atomic E-state index is 0.0699. The summed E-state index contributed by atoms with van der Waals surface area (Å²) in [5.74, 6) is -0.268. The summed E-state index contributed by atoms with van der Waals surface area (Å²) in [5.41, 5.74) is 0.864. The van der Waals surface area contributed by atoms with E-state index in [1.165, 1.54) is 12.1 Å². The monoisotopic (exact) mass is 223 g/mol. The van der Waals surface area contributed by atoms with Crippen LogP contribution in [0, 0.1) is 5.82 Å². The predicted molar refractivity (Wildman–Crippen MR) is 61.6 cm³/mol. The number of hydrogen-bond acceptors (Lipinski definition) is 2. The molecule has 0 aliphatic carbocycles. The van der Waals surface area contributed by atoms with E-state index in [9.17, 15) is 9.50 Å². The van der Waals surface area contributed by atoms with Crippen LogP contribution in [0.1, 0.15) is 38.4 Å². The van der Waals surface area contributed by atoms with Crippen LogP contribution in [0.5, 0.6) is 0 Å². The Bertz CT molecular complexity index is 361. The third-order valence-corrected chi connectivity index (χ3v) is 3.25. The van der Waals surface area contributed by atoms with E-state index in [4.69, 9.17) is 0 Å². The average Bonchev–Trinajstić information content (AvgIpc) is 2.59. The van der Waals surface area contributed by atoms with Gasteiger partial charge in [-0.25, -0.2) is 4.39 Å². The number of nitrogens with one attached hydrogen (secondary N) is 1. The third kappa shape index (κ3) is 2.42. The quantitative estimate of drug-likeness (QED) is 0.807. The first-order valence-electron chi connectivity index (χ1n) is 5.69. The Balaban J connectivity index is 2.08. The van der Waals surface area contributed by atoms with Crippen molar-refractivity contribution in [2.24, 2.45) is 0 Å². The number of benzene rings is 1. The molecule has 0 saturated carbocycles. The lowest BCUT2D eigenvalue weighted by molar-refractivity contribution is 0.131. The van der Waals surface area contributed by atoms with E-state index >= 15 is 0 Å². The zero-order valence-corrected chi connectivity index (χ0v) is 9.70. The smallest absolute Gasteiger partial charge is 0.123 e. The Morgan fingerprint density at radius 3 is 2.50 bits per heavy atom. The Morgan fingerprint density at radius 1 is 1.38 bits per heavy atom. The first-order valence-corrected chi connectivity index (χ1v) is 5.69. The number of rotatable bonds is 2. The molecule has 3 heteroatoms. The fourth-order valence-electron chi connectivity index (χ4n) is 2.29. The van der Waals surface area contributed by atoms with Gasteiger partial charge in [-0.15, -0.1) is 0 Å². The van der Waals surface area contributed by atoms with Crippen molar-refractivity contribution in [2.45, 2.75) is 44.4 Å². The predicted octanol–water partition coefficient (Wildman–Crippen LogP) is 2.39. The normalized spacial score (nSPS) is 25.6. The van der Waals surface area contributed by atoms with Crippen LogP contribution >= 0.6 is 0 Å². The largest absolute Gasteiger partial charge is 0.387 e. The Labute approximate surface area is 95.5 Å². The molecule has 0 radical (unpaired) electrons. The Kier molecular flexibility index (Phi) is 3.00. The van der Waals surface area contributed by atoms with Gasteiger partial charge in [0.2, 0.25) is 0 Å². The van der Waals surface area contributed by atoms with E-state index in [2.05, 4.69) is 19.2 Å². The molecule has 1 aliphatic rings. The van der Waals surface area contributed by atoms with Crippen molar-refractivity contribution >= 4 is 0 Å². The van der Waals surface area contributed by atoms with Crippen LogP contribution in [0.4, 0.5) is 4.39 Å². The summed E-state index contributed by atoms with van der Waals surface area (Å²) in [7, 11) is 0. The van der Waals surface area contributed by atoms with Crippen LogP contribution in [-0.2, 0) is 0 Å². The standard InChI is InChI=1S/C13H18FNO/c1-13(2)8-7-11(15-13)12(16)9-3-5-10(14)6-4-9/h3-6,11-12,15-16H,7-8H2,1-2H3/t11?,12-/m1/s1. The Hall–Kier alpha value is -0.930. The molecule has 1 fully saturated rings. The first kappa shape index (κ1) is 11.6. The van der Waals surface area contributed by atoms with Crippen molar-refractivity contribution < 1.29 is 9.50 Å². The molecule has 0 spiro atoms. The van der Waals surface area contributed by atoms with Crippen LogP contribution in [-0.4, -0.2) is 16.7 Å². The highest BCUT2D eigenvalue weighted by Gasteiger charge is 2.34. The number of aliphatic hydroxyl groups is 1. The van der Waals surface area contributed by atoms with E-state index in [0.717, 1.165) is 18.4 Å². The van der Waals surface area contributed by atoms with Gasteiger partial charge in [0.05, 0.1) is 6.10 Å².